The van der Waals surface area contributed by atoms with Crippen LogP contribution in [0.15, 0.2) is 10.5 Å². The fraction of sp³-hybridized carbons (Fsp3) is 0.571. The number of aliphatic hydroxyl groups is 1. The molecule has 6 heteroatoms. The highest BCUT2D eigenvalue weighted by Gasteiger charge is 2.16. The minimum Gasteiger partial charge on any atom is -0.466 e. The molecule has 0 saturated carbocycles. The molecule has 0 fully saturated rings. The molecule has 2 amide bonds. The second kappa shape index (κ2) is 7.69. The van der Waals surface area contributed by atoms with E-state index in [0.29, 0.717) is 24.3 Å². The lowest BCUT2D eigenvalue weighted by Crippen LogP contribution is -2.40. The van der Waals surface area contributed by atoms with E-state index in [-0.39, 0.29) is 6.54 Å². The second-order valence-corrected chi connectivity index (χ2v) is 4.68. The molecule has 3 N–H and O–H groups in total. The highest BCUT2D eigenvalue weighted by Crippen LogP contribution is 2.23. The minimum atomic E-state index is -0.716. The topological polar surface area (TPSA) is 91.6 Å². The second-order valence-electron chi connectivity index (χ2n) is 4.68. The summed E-state index contributed by atoms with van der Waals surface area (Å²) in [5.74, 6) is 0.0870. The van der Waals surface area contributed by atoms with Gasteiger partial charge in [0.05, 0.1) is 6.10 Å². The number of carbonyl (C=O) groups excluding carboxylic acids is 2. The molecule has 1 unspecified atom stereocenters. The van der Waals surface area contributed by atoms with Gasteiger partial charge in [-0.25, -0.2) is 0 Å². The molecule has 1 aromatic rings. The van der Waals surface area contributed by atoms with E-state index in [4.69, 9.17) is 4.42 Å². The highest BCUT2D eigenvalue weighted by molar-refractivity contribution is 6.35. The van der Waals surface area contributed by atoms with E-state index in [0.717, 1.165) is 12.2 Å². The zero-order valence-electron chi connectivity index (χ0n) is 12.2. The maximum atomic E-state index is 11.4. The molecule has 0 saturated heterocycles. The van der Waals surface area contributed by atoms with Crippen LogP contribution in [0, 0.1) is 13.8 Å². The van der Waals surface area contributed by atoms with Gasteiger partial charge in [-0.1, -0.05) is 6.92 Å². The fourth-order valence-electron chi connectivity index (χ4n) is 1.86. The van der Waals surface area contributed by atoms with Gasteiger partial charge in [-0.15, -0.1) is 0 Å². The maximum Gasteiger partial charge on any atom is 0.309 e. The average molecular weight is 282 g/mol. The van der Waals surface area contributed by atoms with Crippen LogP contribution in [0.1, 0.15) is 43.0 Å². The Morgan fingerprint density at radius 2 is 1.85 bits per heavy atom. The number of aliphatic hydroxyl groups excluding tert-OH is 1. The third-order valence-electron chi connectivity index (χ3n) is 2.88. The number of furan rings is 1. The molecule has 20 heavy (non-hydrogen) atoms. The van der Waals surface area contributed by atoms with E-state index in [2.05, 4.69) is 10.6 Å². The first-order chi connectivity index (χ1) is 9.45. The van der Waals surface area contributed by atoms with E-state index in [9.17, 15) is 14.7 Å². The van der Waals surface area contributed by atoms with Crippen molar-refractivity contribution < 1.29 is 19.1 Å². The van der Waals surface area contributed by atoms with E-state index in [1.165, 1.54) is 0 Å². The summed E-state index contributed by atoms with van der Waals surface area (Å²) >= 11 is 0. The normalized spacial score (nSPS) is 12.0. The SMILES string of the molecule is CCCNC(=O)C(=O)NCCC(O)c1cc(C)oc1C. The zero-order chi connectivity index (χ0) is 15.1. The molecule has 6 nitrogen and oxygen atoms in total. The number of aryl methyl sites for hydroxylation is 2. The Bertz CT molecular complexity index is 468. The van der Waals surface area contributed by atoms with Crippen LogP contribution in [-0.2, 0) is 9.59 Å². The van der Waals surface area contributed by atoms with Gasteiger partial charge in [0, 0.05) is 18.7 Å². The summed E-state index contributed by atoms with van der Waals surface area (Å²) < 4.78 is 5.33. The summed E-state index contributed by atoms with van der Waals surface area (Å²) in [7, 11) is 0. The van der Waals surface area contributed by atoms with Gasteiger partial charge in [0.2, 0.25) is 0 Å². The van der Waals surface area contributed by atoms with Crippen LogP contribution in [0.4, 0.5) is 0 Å². The van der Waals surface area contributed by atoms with Crippen molar-refractivity contribution in [2.75, 3.05) is 13.1 Å². The Balaban J connectivity index is 2.35. The van der Waals surface area contributed by atoms with Crippen molar-refractivity contribution in [1.82, 2.24) is 10.6 Å². The first-order valence-electron chi connectivity index (χ1n) is 6.76. The van der Waals surface area contributed by atoms with E-state index >= 15 is 0 Å². The third-order valence-corrected chi connectivity index (χ3v) is 2.88. The number of rotatable bonds is 6. The number of hydrogen-bond acceptors (Lipinski definition) is 4. The van der Waals surface area contributed by atoms with Crippen LogP contribution in [0.2, 0.25) is 0 Å². The van der Waals surface area contributed by atoms with Gasteiger partial charge in [-0.3, -0.25) is 9.59 Å². The lowest BCUT2D eigenvalue weighted by atomic mass is 10.1. The summed E-state index contributed by atoms with van der Waals surface area (Å²) in [6, 6.07) is 1.77. The molecular formula is C14H22N2O4. The molecule has 0 aliphatic rings. The molecule has 0 aromatic carbocycles. The number of amides is 2. The van der Waals surface area contributed by atoms with Gasteiger partial charge in [-0.2, -0.15) is 0 Å². The Morgan fingerprint density at radius 1 is 1.25 bits per heavy atom. The summed E-state index contributed by atoms with van der Waals surface area (Å²) in [6.07, 6.45) is 0.384. The molecule has 0 aliphatic carbocycles. The highest BCUT2D eigenvalue weighted by atomic mass is 16.3. The molecule has 1 aromatic heterocycles. The van der Waals surface area contributed by atoms with Crippen LogP contribution >= 0.6 is 0 Å². The minimum absolute atomic E-state index is 0.225. The summed E-state index contributed by atoms with van der Waals surface area (Å²) in [6.45, 7) is 6.20. The van der Waals surface area contributed by atoms with Crippen molar-refractivity contribution in [3.05, 3.63) is 23.2 Å². The monoisotopic (exact) mass is 282 g/mol. The Morgan fingerprint density at radius 3 is 2.35 bits per heavy atom. The molecule has 1 atom stereocenters. The van der Waals surface area contributed by atoms with Crippen molar-refractivity contribution in [2.45, 2.75) is 39.7 Å². The first kappa shape index (κ1) is 16.2. The van der Waals surface area contributed by atoms with E-state index in [1.807, 2.05) is 13.8 Å². The third kappa shape index (κ3) is 4.70. The fourth-order valence-corrected chi connectivity index (χ4v) is 1.86. The standard InChI is InChI=1S/C14H22N2O4/c1-4-6-15-13(18)14(19)16-7-5-12(17)11-8-9(2)20-10(11)3/h8,12,17H,4-7H2,1-3H3,(H,15,18)(H,16,19). The van der Waals surface area contributed by atoms with Crippen molar-refractivity contribution >= 4 is 11.8 Å². The molecular weight excluding hydrogens is 260 g/mol. The van der Waals surface area contributed by atoms with Crippen LogP contribution in [0.3, 0.4) is 0 Å². The number of carbonyl (C=O) groups is 2. The van der Waals surface area contributed by atoms with Crippen LogP contribution in [0.5, 0.6) is 0 Å². The molecule has 0 radical (unpaired) electrons. The lowest BCUT2D eigenvalue weighted by Gasteiger charge is -2.10. The van der Waals surface area contributed by atoms with Gasteiger partial charge in [-0.05, 0) is 32.8 Å². The summed E-state index contributed by atoms with van der Waals surface area (Å²) in [4.78, 5) is 22.7. The summed E-state index contributed by atoms with van der Waals surface area (Å²) in [5, 5.41) is 15.0. The van der Waals surface area contributed by atoms with Crippen molar-refractivity contribution in [3.8, 4) is 0 Å². The number of hydrogen-bond donors (Lipinski definition) is 3. The predicted molar refractivity (Wildman–Crippen MR) is 74.1 cm³/mol. The average Bonchev–Trinajstić information content (AvgIpc) is 2.74. The van der Waals surface area contributed by atoms with E-state index in [1.54, 1.807) is 13.0 Å². The lowest BCUT2D eigenvalue weighted by molar-refractivity contribution is -0.139. The van der Waals surface area contributed by atoms with Crippen molar-refractivity contribution in [1.29, 1.82) is 0 Å². The molecule has 1 rings (SSSR count). The van der Waals surface area contributed by atoms with Crippen molar-refractivity contribution in [3.63, 3.8) is 0 Å². The van der Waals surface area contributed by atoms with Gasteiger partial charge in [0.1, 0.15) is 11.5 Å². The predicted octanol–water partition coefficient (Wildman–Crippen LogP) is 0.962. The smallest absolute Gasteiger partial charge is 0.309 e. The molecule has 0 bridgehead atoms. The van der Waals surface area contributed by atoms with Crippen LogP contribution in [0.25, 0.3) is 0 Å². The van der Waals surface area contributed by atoms with Crippen LogP contribution < -0.4 is 10.6 Å². The Hall–Kier alpha value is -1.82. The quantitative estimate of drug-likeness (QED) is 0.678. The summed E-state index contributed by atoms with van der Waals surface area (Å²) in [5.41, 5.74) is 0.715. The van der Waals surface area contributed by atoms with E-state index < -0.39 is 17.9 Å². The molecule has 0 aliphatic heterocycles. The maximum absolute atomic E-state index is 11.4. The first-order valence-corrected chi connectivity index (χ1v) is 6.76. The van der Waals surface area contributed by atoms with Crippen LogP contribution in [-0.4, -0.2) is 30.0 Å². The molecule has 0 spiro atoms. The Kier molecular flexibility index (Phi) is 6.24. The molecule has 1 heterocycles. The van der Waals surface area contributed by atoms with Gasteiger partial charge < -0.3 is 20.2 Å². The molecule has 112 valence electrons. The van der Waals surface area contributed by atoms with Gasteiger partial charge in [0.15, 0.2) is 0 Å². The largest absolute Gasteiger partial charge is 0.466 e. The Labute approximate surface area is 118 Å². The van der Waals surface area contributed by atoms with Gasteiger partial charge in [0.25, 0.3) is 0 Å². The number of nitrogens with one attached hydrogen (secondary N) is 2. The van der Waals surface area contributed by atoms with Crippen molar-refractivity contribution in [2.24, 2.45) is 0 Å². The van der Waals surface area contributed by atoms with Gasteiger partial charge >= 0.3 is 11.8 Å². The zero-order valence-corrected chi connectivity index (χ0v) is 12.2.